The Balaban J connectivity index is 0.00000140. The lowest BCUT2D eigenvalue weighted by atomic mass is 10.1. The second-order valence-electron chi connectivity index (χ2n) is 7.11. The highest BCUT2D eigenvalue weighted by molar-refractivity contribution is 7.92. The van der Waals surface area contributed by atoms with E-state index in [0.717, 1.165) is 55.4 Å². The van der Waals surface area contributed by atoms with E-state index in [9.17, 15) is 8.42 Å². The molecule has 1 aliphatic carbocycles. The van der Waals surface area contributed by atoms with Gasteiger partial charge in [-0.25, -0.2) is 13.4 Å². The lowest BCUT2D eigenvalue weighted by molar-refractivity contribution is 0.247. The van der Waals surface area contributed by atoms with Gasteiger partial charge in [-0.15, -0.1) is 24.8 Å². The van der Waals surface area contributed by atoms with Gasteiger partial charge >= 0.3 is 0 Å². The molecule has 0 unspecified atom stereocenters. The molecule has 2 fully saturated rings. The van der Waals surface area contributed by atoms with Gasteiger partial charge in [0.25, 0.3) is 0 Å². The van der Waals surface area contributed by atoms with Crippen molar-refractivity contribution >= 4 is 46.3 Å². The van der Waals surface area contributed by atoms with Gasteiger partial charge in [-0.3, -0.25) is 9.62 Å². The predicted octanol–water partition coefficient (Wildman–Crippen LogP) is 3.25. The maximum Gasteiger partial charge on any atom is 0.229 e. The maximum atomic E-state index is 11.3. The Morgan fingerprint density at radius 2 is 1.54 bits per heavy atom. The van der Waals surface area contributed by atoms with Crippen LogP contribution in [0.15, 0.2) is 42.6 Å². The minimum Gasteiger partial charge on any atom is -0.354 e. The summed E-state index contributed by atoms with van der Waals surface area (Å²) in [5, 5.41) is 0. The number of hydrogen-bond donors (Lipinski definition) is 1. The Morgan fingerprint density at radius 1 is 0.929 bits per heavy atom. The third-order valence-corrected chi connectivity index (χ3v) is 5.58. The van der Waals surface area contributed by atoms with E-state index in [1.165, 1.54) is 12.8 Å². The molecular formula is C19H26Cl2N4O2S. The number of sulfonamides is 1. The van der Waals surface area contributed by atoms with Crippen molar-refractivity contribution in [1.29, 1.82) is 0 Å². The molecule has 2 aromatic rings. The van der Waals surface area contributed by atoms with E-state index in [2.05, 4.69) is 31.6 Å². The van der Waals surface area contributed by atoms with E-state index < -0.39 is 10.0 Å². The summed E-state index contributed by atoms with van der Waals surface area (Å²) in [6, 6.07) is 12.3. The summed E-state index contributed by atoms with van der Waals surface area (Å²) in [4.78, 5) is 9.59. The normalized spacial score (nSPS) is 17.4. The molecule has 0 atom stereocenters. The van der Waals surface area contributed by atoms with E-state index in [-0.39, 0.29) is 24.8 Å². The SMILES string of the molecule is CS(=O)(=O)Nc1ccc(-c2ccc(N3CCN(C4CC4)CC3)nc2)cc1.Cl.Cl. The predicted molar refractivity (Wildman–Crippen MR) is 119 cm³/mol. The second kappa shape index (κ2) is 9.31. The van der Waals surface area contributed by atoms with Crippen LogP contribution in [0.1, 0.15) is 12.8 Å². The first-order valence-electron chi connectivity index (χ1n) is 9.01. The number of anilines is 2. The largest absolute Gasteiger partial charge is 0.354 e. The quantitative estimate of drug-likeness (QED) is 0.766. The van der Waals surface area contributed by atoms with Crippen molar-refractivity contribution in [2.45, 2.75) is 18.9 Å². The molecule has 4 rings (SSSR count). The number of hydrogen-bond acceptors (Lipinski definition) is 5. The molecule has 6 nitrogen and oxygen atoms in total. The molecule has 9 heteroatoms. The van der Waals surface area contributed by atoms with E-state index in [0.29, 0.717) is 5.69 Å². The van der Waals surface area contributed by atoms with Crippen LogP contribution >= 0.6 is 24.8 Å². The van der Waals surface area contributed by atoms with Crippen molar-refractivity contribution in [2.75, 3.05) is 42.1 Å². The zero-order chi connectivity index (χ0) is 18.1. The van der Waals surface area contributed by atoms with Crippen LogP contribution in [-0.2, 0) is 10.0 Å². The third-order valence-electron chi connectivity index (χ3n) is 4.97. The number of nitrogens with zero attached hydrogens (tertiary/aromatic N) is 3. The van der Waals surface area contributed by atoms with Gasteiger partial charge < -0.3 is 4.90 Å². The molecule has 1 aromatic heterocycles. The third kappa shape index (κ3) is 5.73. The van der Waals surface area contributed by atoms with Crippen LogP contribution in [0.5, 0.6) is 0 Å². The molecular weight excluding hydrogens is 419 g/mol. The van der Waals surface area contributed by atoms with Crippen molar-refractivity contribution in [2.24, 2.45) is 0 Å². The summed E-state index contributed by atoms with van der Waals surface area (Å²) in [6.07, 6.45) is 5.77. The summed E-state index contributed by atoms with van der Waals surface area (Å²) in [7, 11) is -3.25. The minimum atomic E-state index is -3.25. The zero-order valence-electron chi connectivity index (χ0n) is 15.7. The van der Waals surface area contributed by atoms with E-state index >= 15 is 0 Å². The lowest BCUT2D eigenvalue weighted by Crippen LogP contribution is -2.47. The fourth-order valence-electron chi connectivity index (χ4n) is 3.44. The van der Waals surface area contributed by atoms with E-state index in [1.807, 2.05) is 18.3 Å². The number of halogens is 2. The fraction of sp³-hybridized carbons (Fsp3) is 0.421. The first kappa shape index (κ1) is 22.7. The van der Waals surface area contributed by atoms with Gasteiger partial charge in [0.1, 0.15) is 5.82 Å². The van der Waals surface area contributed by atoms with Crippen molar-refractivity contribution in [3.8, 4) is 11.1 Å². The van der Waals surface area contributed by atoms with Crippen LogP contribution in [0.25, 0.3) is 11.1 Å². The molecule has 0 amide bonds. The molecule has 1 saturated carbocycles. The summed E-state index contributed by atoms with van der Waals surface area (Å²) in [5.41, 5.74) is 2.60. The lowest BCUT2D eigenvalue weighted by Gasteiger charge is -2.35. The van der Waals surface area contributed by atoms with Crippen LogP contribution < -0.4 is 9.62 Å². The molecule has 2 heterocycles. The first-order valence-corrected chi connectivity index (χ1v) is 10.9. The van der Waals surface area contributed by atoms with Gasteiger partial charge in [-0.1, -0.05) is 12.1 Å². The van der Waals surface area contributed by atoms with Crippen LogP contribution in [0.2, 0.25) is 0 Å². The van der Waals surface area contributed by atoms with Gasteiger partial charge in [-0.05, 0) is 42.7 Å². The molecule has 28 heavy (non-hydrogen) atoms. The van der Waals surface area contributed by atoms with Gasteiger partial charge in [0.05, 0.1) is 6.26 Å². The van der Waals surface area contributed by atoms with Crippen molar-refractivity contribution in [1.82, 2.24) is 9.88 Å². The van der Waals surface area contributed by atoms with Crippen LogP contribution in [0.3, 0.4) is 0 Å². The topological polar surface area (TPSA) is 65.5 Å². The van der Waals surface area contributed by atoms with Crippen LogP contribution in [-0.4, -0.2) is 56.8 Å². The Bertz CT molecular complexity index is 864. The average Bonchev–Trinajstić information content (AvgIpc) is 3.47. The summed E-state index contributed by atoms with van der Waals surface area (Å²) >= 11 is 0. The highest BCUT2D eigenvalue weighted by Gasteiger charge is 2.31. The van der Waals surface area contributed by atoms with Crippen molar-refractivity contribution in [3.63, 3.8) is 0 Å². The Kier molecular flexibility index (Phi) is 7.56. The molecule has 154 valence electrons. The minimum absolute atomic E-state index is 0. The second-order valence-corrected chi connectivity index (χ2v) is 8.86. The smallest absolute Gasteiger partial charge is 0.229 e. The number of benzene rings is 1. The maximum absolute atomic E-state index is 11.3. The first-order chi connectivity index (χ1) is 12.5. The van der Waals surface area contributed by atoms with Gasteiger partial charge in [0, 0.05) is 49.7 Å². The van der Waals surface area contributed by atoms with Crippen molar-refractivity contribution < 1.29 is 8.42 Å². The number of piperazine rings is 1. The summed E-state index contributed by atoms with van der Waals surface area (Å²) in [6.45, 7) is 4.33. The highest BCUT2D eigenvalue weighted by Crippen LogP contribution is 2.28. The Hall–Kier alpha value is -1.54. The number of rotatable bonds is 5. The molecule has 0 bridgehead atoms. The van der Waals surface area contributed by atoms with E-state index in [4.69, 9.17) is 0 Å². The molecule has 1 saturated heterocycles. The average molecular weight is 445 g/mol. The highest BCUT2D eigenvalue weighted by atomic mass is 35.5. The van der Waals surface area contributed by atoms with E-state index in [1.54, 1.807) is 12.1 Å². The van der Waals surface area contributed by atoms with Crippen molar-refractivity contribution in [3.05, 3.63) is 42.6 Å². The fourth-order valence-corrected chi connectivity index (χ4v) is 4.01. The van der Waals surface area contributed by atoms with Gasteiger partial charge in [0.15, 0.2) is 0 Å². The summed E-state index contributed by atoms with van der Waals surface area (Å²) < 4.78 is 25.0. The number of nitrogens with one attached hydrogen (secondary N) is 1. The number of aromatic nitrogens is 1. The molecule has 0 spiro atoms. The summed E-state index contributed by atoms with van der Waals surface area (Å²) in [5.74, 6) is 1.03. The Labute approximate surface area is 179 Å². The number of pyridine rings is 1. The standard InChI is InChI=1S/C19H24N4O2S.2ClH/c1-26(24,25)21-17-5-2-15(3-6-17)16-4-9-19(20-14-16)23-12-10-22(11-13-23)18-7-8-18;;/h2-6,9,14,18,21H,7-8,10-13H2,1H3;2*1H. The van der Waals surface area contributed by atoms with Crippen LogP contribution in [0.4, 0.5) is 11.5 Å². The zero-order valence-corrected chi connectivity index (χ0v) is 18.2. The molecule has 2 aliphatic rings. The molecule has 1 N–H and O–H groups in total. The molecule has 1 aromatic carbocycles. The molecule has 0 radical (unpaired) electrons. The molecule has 1 aliphatic heterocycles. The van der Waals surface area contributed by atoms with Crippen LogP contribution in [0, 0.1) is 0 Å². The Morgan fingerprint density at radius 3 is 2.04 bits per heavy atom. The van der Waals surface area contributed by atoms with Gasteiger partial charge in [-0.2, -0.15) is 0 Å². The monoisotopic (exact) mass is 444 g/mol. The van der Waals surface area contributed by atoms with Gasteiger partial charge in [0.2, 0.25) is 10.0 Å².